The molecule has 0 aliphatic carbocycles. The van der Waals surface area contributed by atoms with Gasteiger partial charge in [-0.2, -0.15) is 0 Å². The Labute approximate surface area is 135 Å². The predicted octanol–water partition coefficient (Wildman–Crippen LogP) is 5.21. The summed E-state index contributed by atoms with van der Waals surface area (Å²) in [4.78, 5) is 1.43. The van der Waals surface area contributed by atoms with Gasteiger partial charge in [0.2, 0.25) is 0 Å². The van der Waals surface area contributed by atoms with E-state index in [0.717, 1.165) is 24.0 Å². The van der Waals surface area contributed by atoms with Gasteiger partial charge in [0.05, 0.1) is 3.79 Å². The summed E-state index contributed by atoms with van der Waals surface area (Å²) in [5.41, 5.74) is 1.40. The highest BCUT2D eigenvalue weighted by Gasteiger charge is 2.13. The lowest BCUT2D eigenvalue weighted by Crippen LogP contribution is -2.22. The van der Waals surface area contributed by atoms with Crippen LogP contribution < -0.4 is 5.32 Å². The number of halogens is 2. The van der Waals surface area contributed by atoms with Crippen molar-refractivity contribution < 1.29 is 0 Å². The zero-order valence-electron chi connectivity index (χ0n) is 10.8. The van der Waals surface area contributed by atoms with Crippen LogP contribution in [0.2, 0.25) is 0 Å². The van der Waals surface area contributed by atoms with Crippen molar-refractivity contribution in [2.75, 3.05) is 13.1 Å². The lowest BCUT2D eigenvalue weighted by Gasteiger charge is -2.17. The van der Waals surface area contributed by atoms with Crippen LogP contribution in [0.25, 0.3) is 0 Å². The summed E-state index contributed by atoms with van der Waals surface area (Å²) < 4.78 is 2.35. The molecule has 0 fully saturated rings. The first kappa shape index (κ1) is 15.2. The van der Waals surface area contributed by atoms with E-state index in [1.807, 2.05) is 11.3 Å². The summed E-state index contributed by atoms with van der Waals surface area (Å²) in [6.07, 6.45) is 1.09. The maximum absolute atomic E-state index is 3.54. The molecule has 19 heavy (non-hydrogen) atoms. The fourth-order valence-electron chi connectivity index (χ4n) is 2.07. The molecule has 1 aromatic carbocycles. The number of likely N-dealkylation sites (N-methyl/N-ethyl adjacent to an activating group) is 1. The molecule has 1 unspecified atom stereocenters. The van der Waals surface area contributed by atoms with E-state index in [0.29, 0.717) is 5.92 Å². The molecule has 2 rings (SSSR count). The molecular weight excluding hydrogens is 386 g/mol. The van der Waals surface area contributed by atoms with Crippen LogP contribution in [0.15, 0.2) is 44.7 Å². The van der Waals surface area contributed by atoms with Crippen molar-refractivity contribution in [2.45, 2.75) is 19.3 Å². The van der Waals surface area contributed by atoms with Crippen molar-refractivity contribution in [1.29, 1.82) is 0 Å². The molecule has 4 heteroatoms. The van der Waals surface area contributed by atoms with Crippen molar-refractivity contribution in [1.82, 2.24) is 5.32 Å². The summed E-state index contributed by atoms with van der Waals surface area (Å²) in [5, 5.41) is 3.47. The van der Waals surface area contributed by atoms with Crippen molar-refractivity contribution in [2.24, 2.45) is 0 Å². The molecule has 2 aromatic rings. The van der Waals surface area contributed by atoms with Gasteiger partial charge in [-0.25, -0.2) is 0 Å². The Hall–Kier alpha value is -0.160. The van der Waals surface area contributed by atoms with Crippen molar-refractivity contribution in [3.05, 3.63) is 55.1 Å². The van der Waals surface area contributed by atoms with E-state index in [1.54, 1.807) is 0 Å². The lowest BCUT2D eigenvalue weighted by molar-refractivity contribution is 0.598. The Kier molecular flexibility index (Phi) is 6.07. The fourth-order valence-corrected chi connectivity index (χ4v) is 3.89. The minimum Gasteiger partial charge on any atom is -0.316 e. The molecule has 0 saturated heterocycles. The van der Waals surface area contributed by atoms with Crippen LogP contribution in [0.4, 0.5) is 0 Å². The Morgan fingerprint density at radius 3 is 2.42 bits per heavy atom. The van der Waals surface area contributed by atoms with Crippen LogP contribution in [-0.4, -0.2) is 13.1 Å². The second-order valence-electron chi connectivity index (χ2n) is 4.47. The fraction of sp³-hybridized carbons (Fsp3) is 0.333. The number of benzene rings is 1. The van der Waals surface area contributed by atoms with Crippen LogP contribution in [0.5, 0.6) is 0 Å². The molecule has 1 nitrogen and oxygen atoms in total. The minimum atomic E-state index is 0.526. The van der Waals surface area contributed by atoms with Crippen LogP contribution in [0.3, 0.4) is 0 Å². The third-order valence-corrected chi connectivity index (χ3v) is 5.23. The second kappa shape index (κ2) is 7.58. The smallest absolute Gasteiger partial charge is 0.0701 e. The zero-order valence-corrected chi connectivity index (χ0v) is 14.8. The third kappa shape index (κ3) is 4.71. The topological polar surface area (TPSA) is 12.0 Å². The maximum Gasteiger partial charge on any atom is 0.0701 e. The molecule has 0 radical (unpaired) electrons. The summed E-state index contributed by atoms with van der Waals surface area (Å²) in [7, 11) is 0. The van der Waals surface area contributed by atoms with Gasteiger partial charge in [0.1, 0.15) is 0 Å². The first-order valence-corrected chi connectivity index (χ1v) is 8.79. The van der Waals surface area contributed by atoms with Crippen LogP contribution in [0.1, 0.15) is 23.3 Å². The van der Waals surface area contributed by atoms with E-state index in [2.05, 4.69) is 80.5 Å². The van der Waals surface area contributed by atoms with Crippen molar-refractivity contribution in [3.63, 3.8) is 0 Å². The Balaban J connectivity index is 2.13. The molecule has 0 amide bonds. The molecule has 0 spiro atoms. The number of hydrogen-bond donors (Lipinski definition) is 1. The maximum atomic E-state index is 3.54. The standard InChI is InChI=1S/C15H17Br2NS/c1-2-18-10-12(9-14-7-8-15(17)19-14)11-3-5-13(16)6-4-11/h3-8,12,18H,2,9-10H2,1H3. The quantitative estimate of drug-likeness (QED) is 0.699. The Morgan fingerprint density at radius 2 is 1.84 bits per heavy atom. The van der Waals surface area contributed by atoms with Crippen molar-refractivity contribution >= 4 is 43.2 Å². The SMILES string of the molecule is CCNCC(Cc1ccc(Br)s1)c1ccc(Br)cc1. The normalized spacial score (nSPS) is 12.6. The summed E-state index contributed by atoms with van der Waals surface area (Å²) in [6.45, 7) is 4.19. The highest BCUT2D eigenvalue weighted by molar-refractivity contribution is 9.11. The van der Waals surface area contributed by atoms with Crippen molar-refractivity contribution in [3.8, 4) is 0 Å². The first-order chi connectivity index (χ1) is 9.19. The molecule has 0 aliphatic heterocycles. The van der Waals surface area contributed by atoms with E-state index < -0.39 is 0 Å². The summed E-state index contributed by atoms with van der Waals surface area (Å²) >= 11 is 8.86. The second-order valence-corrected chi connectivity index (χ2v) is 7.93. The minimum absolute atomic E-state index is 0.526. The van der Waals surface area contributed by atoms with Gasteiger partial charge >= 0.3 is 0 Å². The molecule has 1 N–H and O–H groups in total. The van der Waals surface area contributed by atoms with E-state index in [4.69, 9.17) is 0 Å². The molecular formula is C15H17Br2NS. The highest BCUT2D eigenvalue weighted by atomic mass is 79.9. The van der Waals surface area contributed by atoms with Crippen LogP contribution in [-0.2, 0) is 6.42 Å². The van der Waals surface area contributed by atoms with Gasteiger partial charge in [0.25, 0.3) is 0 Å². The molecule has 1 heterocycles. The molecule has 102 valence electrons. The number of nitrogens with one attached hydrogen (secondary N) is 1. The van der Waals surface area contributed by atoms with E-state index in [9.17, 15) is 0 Å². The first-order valence-electron chi connectivity index (χ1n) is 6.39. The molecule has 0 bridgehead atoms. The van der Waals surface area contributed by atoms with E-state index >= 15 is 0 Å². The predicted molar refractivity (Wildman–Crippen MR) is 91.1 cm³/mol. The lowest BCUT2D eigenvalue weighted by atomic mass is 9.95. The van der Waals surface area contributed by atoms with Gasteiger partial charge in [-0.15, -0.1) is 11.3 Å². The highest BCUT2D eigenvalue weighted by Crippen LogP contribution is 2.28. The molecule has 0 aliphatic rings. The van der Waals surface area contributed by atoms with Gasteiger partial charge in [0.15, 0.2) is 0 Å². The number of hydrogen-bond acceptors (Lipinski definition) is 2. The zero-order chi connectivity index (χ0) is 13.7. The Morgan fingerprint density at radius 1 is 1.11 bits per heavy atom. The number of rotatable bonds is 6. The monoisotopic (exact) mass is 401 g/mol. The van der Waals surface area contributed by atoms with E-state index in [-0.39, 0.29) is 0 Å². The van der Waals surface area contributed by atoms with Gasteiger partial charge in [-0.05, 0) is 58.7 Å². The van der Waals surface area contributed by atoms with Gasteiger partial charge in [-0.1, -0.05) is 35.0 Å². The average molecular weight is 403 g/mol. The summed E-state index contributed by atoms with van der Waals surface area (Å²) in [6, 6.07) is 13.0. The average Bonchev–Trinajstić information content (AvgIpc) is 2.81. The largest absolute Gasteiger partial charge is 0.316 e. The Bertz CT molecular complexity index is 507. The van der Waals surface area contributed by atoms with Gasteiger partial charge < -0.3 is 5.32 Å². The summed E-state index contributed by atoms with van der Waals surface area (Å²) in [5.74, 6) is 0.526. The van der Waals surface area contributed by atoms with Gasteiger partial charge in [-0.3, -0.25) is 0 Å². The molecule has 1 aromatic heterocycles. The third-order valence-electron chi connectivity index (χ3n) is 3.06. The number of thiophene rings is 1. The van der Waals surface area contributed by atoms with Crippen LogP contribution in [0, 0.1) is 0 Å². The molecule has 1 atom stereocenters. The van der Waals surface area contributed by atoms with E-state index in [1.165, 1.54) is 14.2 Å². The van der Waals surface area contributed by atoms with Crippen LogP contribution >= 0.6 is 43.2 Å². The molecule has 0 saturated carbocycles. The van der Waals surface area contributed by atoms with Gasteiger partial charge in [0, 0.05) is 21.8 Å².